The van der Waals surface area contributed by atoms with Crippen molar-refractivity contribution in [1.29, 1.82) is 0 Å². The first-order chi connectivity index (χ1) is 13.1. The summed E-state index contributed by atoms with van der Waals surface area (Å²) in [5.74, 6) is -0.189. The van der Waals surface area contributed by atoms with Gasteiger partial charge in [0.25, 0.3) is 0 Å². The summed E-state index contributed by atoms with van der Waals surface area (Å²) in [4.78, 5) is 19.1. The van der Waals surface area contributed by atoms with E-state index in [9.17, 15) is 4.79 Å². The van der Waals surface area contributed by atoms with Crippen molar-refractivity contribution in [2.24, 2.45) is 0 Å². The Labute approximate surface area is 162 Å². The zero-order valence-electron chi connectivity index (χ0n) is 14.8. The van der Waals surface area contributed by atoms with Gasteiger partial charge in [0.2, 0.25) is 0 Å². The highest BCUT2D eigenvalue weighted by Crippen LogP contribution is 2.45. The Morgan fingerprint density at radius 2 is 1.81 bits per heavy atom. The largest absolute Gasteiger partial charge is 0.450 e. The fourth-order valence-electron chi connectivity index (χ4n) is 4.28. The molecule has 0 aliphatic carbocycles. The Kier molecular flexibility index (Phi) is 3.92. The SMILES string of the molecule is O=C1OC2(CCN(Cc3ccc(Cl)nc3)CC2)c2cc3ccccc3cc21. The minimum Gasteiger partial charge on any atom is -0.450 e. The molecule has 0 radical (unpaired) electrons. The van der Waals surface area contributed by atoms with E-state index in [0.717, 1.165) is 59.9 Å². The number of nitrogens with zero attached hydrogens (tertiary/aromatic N) is 2. The van der Waals surface area contributed by atoms with Gasteiger partial charge in [0.1, 0.15) is 10.8 Å². The van der Waals surface area contributed by atoms with E-state index in [0.29, 0.717) is 5.15 Å². The van der Waals surface area contributed by atoms with Crippen molar-refractivity contribution in [2.75, 3.05) is 13.1 Å². The second kappa shape index (κ2) is 6.32. The lowest BCUT2D eigenvalue weighted by atomic mass is 9.82. The molecule has 4 nitrogen and oxygen atoms in total. The van der Waals surface area contributed by atoms with Crippen LogP contribution in [0.2, 0.25) is 5.15 Å². The normalized spacial score (nSPS) is 18.6. The van der Waals surface area contributed by atoms with Gasteiger partial charge in [-0.2, -0.15) is 0 Å². The quantitative estimate of drug-likeness (QED) is 0.484. The van der Waals surface area contributed by atoms with E-state index in [1.807, 2.05) is 42.6 Å². The Morgan fingerprint density at radius 1 is 1.07 bits per heavy atom. The molecule has 0 saturated carbocycles. The second-order valence-electron chi connectivity index (χ2n) is 7.39. The van der Waals surface area contributed by atoms with Gasteiger partial charge in [-0.05, 0) is 34.5 Å². The predicted octanol–water partition coefficient (Wildman–Crippen LogP) is 4.55. The van der Waals surface area contributed by atoms with Crippen LogP contribution < -0.4 is 0 Å². The van der Waals surface area contributed by atoms with Crippen LogP contribution in [0.1, 0.15) is 34.3 Å². The summed E-state index contributed by atoms with van der Waals surface area (Å²) in [5, 5.41) is 2.75. The van der Waals surface area contributed by atoms with E-state index in [2.05, 4.69) is 22.0 Å². The lowest BCUT2D eigenvalue weighted by Gasteiger charge is -2.38. The molecule has 136 valence electrons. The first-order valence-corrected chi connectivity index (χ1v) is 9.60. The van der Waals surface area contributed by atoms with E-state index in [-0.39, 0.29) is 5.97 Å². The molecule has 1 saturated heterocycles. The average Bonchev–Trinajstić information content (AvgIpc) is 2.95. The number of carbonyl (C=O) groups excluding carboxylic acids is 1. The molecule has 3 heterocycles. The minimum atomic E-state index is -0.481. The van der Waals surface area contributed by atoms with Crippen LogP contribution in [0.4, 0.5) is 0 Å². The van der Waals surface area contributed by atoms with Crippen molar-refractivity contribution in [1.82, 2.24) is 9.88 Å². The number of carbonyl (C=O) groups is 1. The number of fused-ring (bicyclic) bond motifs is 3. The van der Waals surface area contributed by atoms with Crippen LogP contribution in [0.15, 0.2) is 54.7 Å². The van der Waals surface area contributed by atoms with Crippen molar-refractivity contribution in [2.45, 2.75) is 25.0 Å². The summed E-state index contributed by atoms with van der Waals surface area (Å²) in [6.45, 7) is 2.59. The maximum Gasteiger partial charge on any atom is 0.339 e. The van der Waals surface area contributed by atoms with Crippen LogP contribution in [0.25, 0.3) is 10.8 Å². The van der Waals surface area contributed by atoms with Crippen LogP contribution >= 0.6 is 11.6 Å². The van der Waals surface area contributed by atoms with Crippen molar-refractivity contribution < 1.29 is 9.53 Å². The molecule has 5 rings (SSSR count). The summed E-state index contributed by atoms with van der Waals surface area (Å²) < 4.78 is 5.95. The number of piperidine rings is 1. The summed E-state index contributed by atoms with van der Waals surface area (Å²) in [6.07, 6.45) is 3.44. The van der Waals surface area contributed by atoms with Crippen molar-refractivity contribution >= 4 is 28.3 Å². The summed E-state index contributed by atoms with van der Waals surface area (Å²) in [5.41, 5.74) is 2.44. The third-order valence-electron chi connectivity index (χ3n) is 5.74. The zero-order valence-corrected chi connectivity index (χ0v) is 15.6. The monoisotopic (exact) mass is 378 g/mol. The summed E-state index contributed by atoms with van der Waals surface area (Å²) >= 11 is 5.87. The molecule has 0 unspecified atom stereocenters. The molecule has 27 heavy (non-hydrogen) atoms. The fourth-order valence-corrected chi connectivity index (χ4v) is 4.39. The molecular weight excluding hydrogens is 360 g/mol. The van der Waals surface area contributed by atoms with Gasteiger partial charge in [-0.25, -0.2) is 9.78 Å². The summed E-state index contributed by atoms with van der Waals surface area (Å²) in [7, 11) is 0. The van der Waals surface area contributed by atoms with Gasteiger partial charge in [-0.3, -0.25) is 4.90 Å². The van der Waals surface area contributed by atoms with Crippen LogP contribution in [-0.2, 0) is 16.9 Å². The van der Waals surface area contributed by atoms with Crippen LogP contribution in [0.3, 0.4) is 0 Å². The molecule has 3 aromatic rings. The van der Waals surface area contributed by atoms with Gasteiger partial charge >= 0.3 is 5.97 Å². The number of esters is 1. The topological polar surface area (TPSA) is 42.4 Å². The number of aromatic nitrogens is 1. The molecule has 0 amide bonds. The summed E-state index contributed by atoms with van der Waals surface area (Å²) in [6, 6.07) is 16.1. The van der Waals surface area contributed by atoms with Crippen LogP contribution in [0.5, 0.6) is 0 Å². The Hall–Kier alpha value is -2.43. The van der Waals surface area contributed by atoms with E-state index in [4.69, 9.17) is 16.3 Å². The number of halogens is 1. The third kappa shape index (κ3) is 2.89. The molecule has 2 aliphatic heterocycles. The van der Waals surface area contributed by atoms with Gasteiger partial charge in [-0.1, -0.05) is 41.9 Å². The highest BCUT2D eigenvalue weighted by atomic mass is 35.5. The number of hydrogen-bond acceptors (Lipinski definition) is 4. The van der Waals surface area contributed by atoms with Crippen molar-refractivity contribution in [3.63, 3.8) is 0 Å². The number of hydrogen-bond donors (Lipinski definition) is 0. The van der Waals surface area contributed by atoms with Crippen LogP contribution in [-0.4, -0.2) is 28.9 Å². The van der Waals surface area contributed by atoms with E-state index < -0.39 is 5.60 Å². The average molecular weight is 379 g/mol. The number of benzene rings is 2. The molecular formula is C22H19ClN2O2. The maximum atomic E-state index is 12.5. The Balaban J connectivity index is 1.39. The highest BCUT2D eigenvalue weighted by Gasteiger charge is 2.47. The van der Waals surface area contributed by atoms with Crippen molar-refractivity contribution in [3.05, 3.63) is 76.6 Å². The molecule has 0 atom stereocenters. The molecule has 1 spiro atoms. The van der Waals surface area contributed by atoms with E-state index in [1.54, 1.807) is 0 Å². The minimum absolute atomic E-state index is 0.189. The fraction of sp³-hybridized carbons (Fsp3) is 0.273. The number of rotatable bonds is 2. The smallest absolute Gasteiger partial charge is 0.339 e. The van der Waals surface area contributed by atoms with Gasteiger partial charge in [-0.15, -0.1) is 0 Å². The standard InChI is InChI=1S/C22H19ClN2O2/c23-20-6-5-15(13-24-20)14-25-9-7-22(8-10-25)19-12-17-4-2-1-3-16(17)11-18(19)21(26)27-22/h1-6,11-13H,7-10,14H2. The van der Waals surface area contributed by atoms with Gasteiger partial charge < -0.3 is 4.74 Å². The first kappa shape index (κ1) is 16.7. The first-order valence-electron chi connectivity index (χ1n) is 9.22. The molecule has 2 aliphatic rings. The van der Waals surface area contributed by atoms with E-state index >= 15 is 0 Å². The molecule has 1 fully saturated rings. The van der Waals surface area contributed by atoms with Crippen LogP contribution in [0, 0.1) is 0 Å². The number of pyridine rings is 1. The van der Waals surface area contributed by atoms with E-state index in [1.165, 1.54) is 0 Å². The highest BCUT2D eigenvalue weighted by molar-refractivity contribution is 6.29. The van der Waals surface area contributed by atoms with Crippen molar-refractivity contribution in [3.8, 4) is 0 Å². The number of ether oxygens (including phenoxy) is 1. The Bertz CT molecular complexity index is 1020. The zero-order chi connectivity index (χ0) is 18.4. The predicted molar refractivity (Wildman–Crippen MR) is 105 cm³/mol. The van der Waals surface area contributed by atoms with Gasteiger partial charge in [0.05, 0.1) is 5.56 Å². The third-order valence-corrected chi connectivity index (χ3v) is 5.97. The lowest BCUT2D eigenvalue weighted by Crippen LogP contribution is -2.42. The Morgan fingerprint density at radius 3 is 2.52 bits per heavy atom. The lowest BCUT2D eigenvalue weighted by molar-refractivity contribution is -0.0440. The van der Waals surface area contributed by atoms with Gasteiger partial charge in [0.15, 0.2) is 0 Å². The van der Waals surface area contributed by atoms with Gasteiger partial charge in [0, 0.05) is 44.2 Å². The molecule has 1 aromatic heterocycles. The molecule has 2 aromatic carbocycles. The second-order valence-corrected chi connectivity index (χ2v) is 7.78. The number of likely N-dealkylation sites (tertiary alicyclic amines) is 1. The molecule has 5 heteroatoms. The maximum absolute atomic E-state index is 12.5. The molecule has 0 bridgehead atoms. The molecule has 0 N–H and O–H groups in total.